The summed E-state index contributed by atoms with van der Waals surface area (Å²) in [5.41, 5.74) is 2.44. The molecule has 0 aliphatic rings. The topological polar surface area (TPSA) is 35.6 Å². The van der Waals surface area contributed by atoms with E-state index in [4.69, 9.17) is 23.2 Å². The van der Waals surface area contributed by atoms with Crippen LogP contribution in [0.25, 0.3) is 11.0 Å². The Kier molecular flexibility index (Phi) is 3.87. The summed E-state index contributed by atoms with van der Waals surface area (Å²) in [5.74, 6) is 0.491. The maximum absolute atomic E-state index is 13.7. The maximum atomic E-state index is 13.7. The molecule has 21 heavy (non-hydrogen) atoms. The van der Waals surface area contributed by atoms with Crippen molar-refractivity contribution in [2.45, 2.75) is 25.9 Å². The lowest BCUT2D eigenvalue weighted by molar-refractivity contribution is 0.532. The highest BCUT2D eigenvalue weighted by molar-refractivity contribution is 6.31. The molecule has 4 nitrogen and oxygen atoms in total. The molecular formula is C14H13Cl2FN4. The third kappa shape index (κ3) is 2.76. The number of nitrogens with zero attached hydrogens (tertiary/aromatic N) is 4. The lowest BCUT2D eigenvalue weighted by Crippen LogP contribution is -2.10. The molecule has 0 unspecified atom stereocenters. The van der Waals surface area contributed by atoms with Crippen molar-refractivity contribution in [1.29, 1.82) is 0 Å². The first-order valence-corrected chi connectivity index (χ1v) is 7.39. The van der Waals surface area contributed by atoms with Gasteiger partial charge in [0.25, 0.3) is 0 Å². The number of fused-ring (bicyclic) bond motifs is 1. The highest BCUT2D eigenvalue weighted by Crippen LogP contribution is 2.24. The summed E-state index contributed by atoms with van der Waals surface area (Å²) in [5, 5.41) is 4.30. The van der Waals surface area contributed by atoms with Crippen molar-refractivity contribution in [3.05, 3.63) is 46.8 Å². The Balaban J connectivity index is 1.97. The van der Waals surface area contributed by atoms with Gasteiger partial charge in [-0.2, -0.15) is 5.10 Å². The summed E-state index contributed by atoms with van der Waals surface area (Å²) in [4.78, 5) is 4.40. The number of rotatable bonds is 4. The molecule has 0 aliphatic heterocycles. The van der Waals surface area contributed by atoms with Crippen molar-refractivity contribution in [2.75, 3.05) is 0 Å². The number of imidazole rings is 1. The van der Waals surface area contributed by atoms with Crippen molar-refractivity contribution in [1.82, 2.24) is 19.3 Å². The smallest absolute Gasteiger partial charge is 0.144 e. The summed E-state index contributed by atoms with van der Waals surface area (Å²) >= 11 is 11.7. The van der Waals surface area contributed by atoms with E-state index in [0.717, 1.165) is 5.56 Å². The minimum atomic E-state index is -0.457. The summed E-state index contributed by atoms with van der Waals surface area (Å²) in [6.07, 6.45) is 3.75. The predicted octanol–water partition coefficient (Wildman–Crippen LogP) is 3.77. The largest absolute Gasteiger partial charge is 0.325 e. The van der Waals surface area contributed by atoms with Gasteiger partial charge in [-0.25, -0.2) is 9.37 Å². The zero-order valence-electron chi connectivity index (χ0n) is 11.4. The second-order valence-corrected chi connectivity index (χ2v) is 5.52. The van der Waals surface area contributed by atoms with Crippen molar-refractivity contribution in [3.8, 4) is 0 Å². The number of hydrogen-bond acceptors (Lipinski definition) is 2. The van der Waals surface area contributed by atoms with Crippen LogP contribution in [-0.4, -0.2) is 19.3 Å². The van der Waals surface area contributed by atoms with Gasteiger partial charge in [-0.15, -0.1) is 11.6 Å². The Morgan fingerprint density at radius 3 is 2.76 bits per heavy atom. The standard InChI is InChI=1S/C14H13Cl2FN4/c1-9-7-18-20(8-9)2-3-21-13-5-11(17)10(16)4-12(13)19-14(21)6-15/h4-5,7-8H,2-3,6H2,1H3. The van der Waals surface area contributed by atoms with Gasteiger partial charge in [0, 0.05) is 18.8 Å². The molecule has 1 aromatic carbocycles. The monoisotopic (exact) mass is 326 g/mol. The number of aromatic nitrogens is 4. The molecule has 7 heteroatoms. The molecule has 0 bridgehead atoms. The molecule has 3 rings (SSSR count). The van der Waals surface area contributed by atoms with E-state index >= 15 is 0 Å². The number of alkyl halides is 1. The van der Waals surface area contributed by atoms with E-state index in [1.807, 2.05) is 22.4 Å². The van der Waals surface area contributed by atoms with Crippen molar-refractivity contribution in [3.63, 3.8) is 0 Å². The molecule has 0 radical (unpaired) electrons. The first-order valence-electron chi connectivity index (χ1n) is 6.47. The van der Waals surface area contributed by atoms with E-state index in [9.17, 15) is 4.39 Å². The molecule has 0 amide bonds. The number of halogens is 3. The lowest BCUT2D eigenvalue weighted by atomic mass is 10.3. The Morgan fingerprint density at radius 1 is 1.29 bits per heavy atom. The first kappa shape index (κ1) is 14.4. The maximum Gasteiger partial charge on any atom is 0.144 e. The molecule has 110 valence electrons. The molecule has 0 N–H and O–H groups in total. The van der Waals surface area contributed by atoms with E-state index < -0.39 is 5.82 Å². The van der Waals surface area contributed by atoms with Crippen LogP contribution in [0.5, 0.6) is 0 Å². The van der Waals surface area contributed by atoms with Gasteiger partial charge < -0.3 is 4.57 Å². The lowest BCUT2D eigenvalue weighted by Gasteiger charge is -2.08. The van der Waals surface area contributed by atoms with Crippen LogP contribution in [0.4, 0.5) is 4.39 Å². The third-order valence-corrected chi connectivity index (χ3v) is 3.83. The van der Waals surface area contributed by atoms with Gasteiger partial charge >= 0.3 is 0 Å². The third-order valence-electron chi connectivity index (χ3n) is 3.30. The molecule has 0 fully saturated rings. The second kappa shape index (κ2) is 5.66. The van der Waals surface area contributed by atoms with Gasteiger partial charge in [-0.05, 0) is 18.6 Å². The molecule has 2 heterocycles. The summed E-state index contributed by atoms with van der Waals surface area (Å²) < 4.78 is 17.4. The van der Waals surface area contributed by atoms with Gasteiger partial charge in [0.05, 0.1) is 34.7 Å². The fourth-order valence-corrected chi connectivity index (χ4v) is 2.68. The Labute approximate surface area is 131 Å². The normalized spacial score (nSPS) is 11.4. The van der Waals surface area contributed by atoms with Gasteiger partial charge in [-0.3, -0.25) is 4.68 Å². The molecule has 0 saturated carbocycles. The van der Waals surface area contributed by atoms with Crippen molar-refractivity contribution >= 4 is 34.2 Å². The quantitative estimate of drug-likeness (QED) is 0.684. The van der Waals surface area contributed by atoms with Crippen LogP contribution in [0.3, 0.4) is 0 Å². The van der Waals surface area contributed by atoms with Crippen LogP contribution >= 0.6 is 23.2 Å². The molecule has 0 atom stereocenters. The van der Waals surface area contributed by atoms with Gasteiger partial charge in [0.2, 0.25) is 0 Å². The average molecular weight is 327 g/mol. The van der Waals surface area contributed by atoms with Crippen LogP contribution < -0.4 is 0 Å². The summed E-state index contributed by atoms with van der Waals surface area (Å²) in [6, 6.07) is 2.92. The summed E-state index contributed by atoms with van der Waals surface area (Å²) in [6.45, 7) is 3.26. The second-order valence-electron chi connectivity index (χ2n) is 4.85. The van der Waals surface area contributed by atoms with Crippen LogP contribution in [-0.2, 0) is 19.0 Å². The van der Waals surface area contributed by atoms with Gasteiger partial charge in [-0.1, -0.05) is 11.6 Å². The van der Waals surface area contributed by atoms with E-state index in [1.165, 1.54) is 12.1 Å². The first-order chi connectivity index (χ1) is 10.1. The predicted molar refractivity (Wildman–Crippen MR) is 81.2 cm³/mol. The van der Waals surface area contributed by atoms with E-state index in [0.29, 0.717) is 29.9 Å². The van der Waals surface area contributed by atoms with E-state index in [-0.39, 0.29) is 10.9 Å². The van der Waals surface area contributed by atoms with Crippen LogP contribution in [0, 0.1) is 12.7 Å². The van der Waals surface area contributed by atoms with E-state index in [2.05, 4.69) is 10.1 Å². The van der Waals surface area contributed by atoms with Crippen LogP contribution in [0.15, 0.2) is 24.5 Å². The number of benzene rings is 1. The number of aryl methyl sites for hydroxylation is 3. The SMILES string of the molecule is Cc1cnn(CCn2c(CCl)nc3cc(Cl)c(F)cc32)c1. The fraction of sp³-hybridized carbons (Fsp3) is 0.286. The molecule has 2 aromatic heterocycles. The minimum Gasteiger partial charge on any atom is -0.325 e. The Bertz CT molecular complexity index is 794. The van der Waals surface area contributed by atoms with Crippen LogP contribution in [0.1, 0.15) is 11.4 Å². The van der Waals surface area contributed by atoms with Crippen LogP contribution in [0.2, 0.25) is 5.02 Å². The van der Waals surface area contributed by atoms with Crippen molar-refractivity contribution < 1.29 is 4.39 Å². The molecule has 3 aromatic rings. The molecular weight excluding hydrogens is 314 g/mol. The highest BCUT2D eigenvalue weighted by atomic mass is 35.5. The molecule has 0 saturated heterocycles. The average Bonchev–Trinajstić information content (AvgIpc) is 3.01. The van der Waals surface area contributed by atoms with Gasteiger partial charge in [0.15, 0.2) is 0 Å². The zero-order valence-corrected chi connectivity index (χ0v) is 12.9. The number of hydrogen-bond donors (Lipinski definition) is 0. The molecule has 0 spiro atoms. The summed E-state index contributed by atoms with van der Waals surface area (Å²) in [7, 11) is 0. The van der Waals surface area contributed by atoms with Crippen molar-refractivity contribution in [2.24, 2.45) is 0 Å². The Hall–Kier alpha value is -1.59. The zero-order chi connectivity index (χ0) is 15.0. The Morgan fingerprint density at radius 2 is 2.10 bits per heavy atom. The van der Waals surface area contributed by atoms with Gasteiger partial charge in [0.1, 0.15) is 11.6 Å². The van der Waals surface area contributed by atoms with E-state index in [1.54, 1.807) is 6.20 Å². The molecule has 0 aliphatic carbocycles. The highest BCUT2D eigenvalue weighted by Gasteiger charge is 2.13. The fourth-order valence-electron chi connectivity index (χ4n) is 2.31. The minimum absolute atomic E-state index is 0.0657.